The average Bonchev–Trinajstić information content (AvgIpc) is 2.40. The summed E-state index contributed by atoms with van der Waals surface area (Å²) in [6.07, 6.45) is 0.299. The molecule has 19 heavy (non-hydrogen) atoms. The molecule has 1 aromatic rings. The topological polar surface area (TPSA) is 65.4 Å². The fourth-order valence-corrected chi connectivity index (χ4v) is 1.85. The van der Waals surface area contributed by atoms with E-state index in [-0.39, 0.29) is 12.1 Å². The number of ether oxygens (including phenoxy) is 1. The molecule has 1 aromatic carbocycles. The Hall–Kier alpha value is -1.74. The smallest absolute Gasteiger partial charge is 0.321 e. The molecule has 1 rings (SSSR count). The van der Waals surface area contributed by atoms with Gasteiger partial charge < -0.3 is 15.0 Å². The van der Waals surface area contributed by atoms with Crippen molar-refractivity contribution in [1.29, 1.82) is 5.26 Å². The molecular weight excluding hydrogens is 310 g/mol. The SMILES string of the molecule is COc1ccc(NC(=O)N(C)C(C)CC#N)c(Br)c1. The Labute approximate surface area is 121 Å². The number of anilines is 1. The third kappa shape index (κ3) is 4.14. The average molecular weight is 326 g/mol. The van der Waals surface area contributed by atoms with Crippen LogP contribution in [0, 0.1) is 11.3 Å². The normalized spacial score (nSPS) is 11.3. The highest BCUT2D eigenvalue weighted by Crippen LogP contribution is 2.27. The van der Waals surface area contributed by atoms with Crippen LogP contribution >= 0.6 is 15.9 Å². The van der Waals surface area contributed by atoms with E-state index in [2.05, 4.69) is 21.2 Å². The molecule has 0 aliphatic rings. The van der Waals surface area contributed by atoms with Gasteiger partial charge in [0.2, 0.25) is 0 Å². The lowest BCUT2D eigenvalue weighted by molar-refractivity contribution is 0.208. The number of methoxy groups -OCH3 is 1. The summed E-state index contributed by atoms with van der Waals surface area (Å²) >= 11 is 3.37. The van der Waals surface area contributed by atoms with Gasteiger partial charge in [-0.25, -0.2) is 4.79 Å². The lowest BCUT2D eigenvalue weighted by atomic mass is 10.2. The molecule has 0 saturated carbocycles. The Kier molecular flexibility index (Phi) is 5.64. The first-order chi connectivity index (χ1) is 8.99. The highest BCUT2D eigenvalue weighted by molar-refractivity contribution is 9.10. The number of benzene rings is 1. The van der Waals surface area contributed by atoms with Gasteiger partial charge in [-0.15, -0.1) is 0 Å². The van der Waals surface area contributed by atoms with E-state index in [4.69, 9.17) is 10.00 Å². The van der Waals surface area contributed by atoms with Crippen LogP contribution in [0.2, 0.25) is 0 Å². The first-order valence-electron chi connectivity index (χ1n) is 5.74. The highest BCUT2D eigenvalue weighted by Gasteiger charge is 2.16. The Morgan fingerprint density at radius 3 is 2.84 bits per heavy atom. The fourth-order valence-electron chi connectivity index (χ4n) is 1.40. The molecule has 1 unspecified atom stereocenters. The molecule has 0 aliphatic heterocycles. The third-order valence-corrected chi connectivity index (χ3v) is 3.44. The van der Waals surface area contributed by atoms with Crippen molar-refractivity contribution in [1.82, 2.24) is 4.90 Å². The van der Waals surface area contributed by atoms with Gasteiger partial charge in [0.25, 0.3) is 0 Å². The zero-order chi connectivity index (χ0) is 14.4. The van der Waals surface area contributed by atoms with Gasteiger partial charge in [0.15, 0.2) is 0 Å². The van der Waals surface area contributed by atoms with Gasteiger partial charge >= 0.3 is 6.03 Å². The van der Waals surface area contributed by atoms with Gasteiger partial charge in [-0.3, -0.25) is 0 Å². The molecule has 6 heteroatoms. The summed E-state index contributed by atoms with van der Waals surface area (Å²) in [6, 6.07) is 6.94. The molecule has 0 heterocycles. The summed E-state index contributed by atoms with van der Waals surface area (Å²) in [6.45, 7) is 1.83. The molecule has 2 amide bonds. The van der Waals surface area contributed by atoms with Crippen molar-refractivity contribution < 1.29 is 9.53 Å². The van der Waals surface area contributed by atoms with Gasteiger partial charge in [0, 0.05) is 17.6 Å². The summed E-state index contributed by atoms with van der Waals surface area (Å²) in [4.78, 5) is 13.5. The first kappa shape index (κ1) is 15.3. The maximum Gasteiger partial charge on any atom is 0.321 e. The van der Waals surface area contributed by atoms with Crippen molar-refractivity contribution in [3.63, 3.8) is 0 Å². The number of hydrogen-bond donors (Lipinski definition) is 1. The van der Waals surface area contributed by atoms with Crippen LogP contribution in [0.4, 0.5) is 10.5 Å². The molecule has 102 valence electrons. The molecule has 0 aromatic heterocycles. The van der Waals surface area contributed by atoms with Crippen molar-refractivity contribution in [2.45, 2.75) is 19.4 Å². The second kappa shape index (κ2) is 7.00. The zero-order valence-electron chi connectivity index (χ0n) is 11.1. The maximum atomic E-state index is 12.0. The van der Waals surface area contributed by atoms with Crippen molar-refractivity contribution in [3.05, 3.63) is 22.7 Å². The lowest BCUT2D eigenvalue weighted by Crippen LogP contribution is -2.38. The second-order valence-electron chi connectivity index (χ2n) is 4.10. The Morgan fingerprint density at radius 1 is 1.63 bits per heavy atom. The fraction of sp³-hybridized carbons (Fsp3) is 0.385. The van der Waals surface area contributed by atoms with Crippen molar-refractivity contribution >= 4 is 27.6 Å². The predicted molar refractivity (Wildman–Crippen MR) is 77.2 cm³/mol. The van der Waals surface area contributed by atoms with Crippen LogP contribution < -0.4 is 10.1 Å². The van der Waals surface area contributed by atoms with Crippen LogP contribution in [0.25, 0.3) is 0 Å². The molecule has 0 spiro atoms. The minimum Gasteiger partial charge on any atom is -0.497 e. The summed E-state index contributed by atoms with van der Waals surface area (Å²) in [5.41, 5.74) is 0.654. The van der Waals surface area contributed by atoms with Gasteiger partial charge in [-0.1, -0.05) is 0 Å². The molecule has 1 N–H and O–H groups in total. The number of halogens is 1. The summed E-state index contributed by atoms with van der Waals surface area (Å²) in [5, 5.41) is 11.4. The standard InChI is InChI=1S/C13H16BrN3O2/c1-9(6-7-15)17(2)13(18)16-12-5-4-10(19-3)8-11(12)14/h4-5,8-9H,6H2,1-3H3,(H,16,18). The van der Waals surface area contributed by atoms with Gasteiger partial charge in [0.05, 0.1) is 25.3 Å². The van der Waals surface area contributed by atoms with Crippen molar-refractivity contribution in [3.8, 4) is 11.8 Å². The van der Waals surface area contributed by atoms with Crippen molar-refractivity contribution in [2.24, 2.45) is 0 Å². The van der Waals surface area contributed by atoms with E-state index >= 15 is 0 Å². The van der Waals surface area contributed by atoms with E-state index < -0.39 is 0 Å². The van der Waals surface area contributed by atoms with Crippen LogP contribution in [0.5, 0.6) is 5.75 Å². The number of rotatable bonds is 4. The van der Waals surface area contributed by atoms with E-state index in [0.717, 1.165) is 4.47 Å². The van der Waals surface area contributed by atoms with Crippen LogP contribution in [-0.4, -0.2) is 31.1 Å². The number of nitriles is 1. The molecular formula is C13H16BrN3O2. The van der Waals surface area contributed by atoms with Crippen LogP contribution in [0.3, 0.4) is 0 Å². The molecule has 0 aliphatic carbocycles. The van der Waals surface area contributed by atoms with Crippen LogP contribution in [0.15, 0.2) is 22.7 Å². The molecule has 0 bridgehead atoms. The number of carbonyl (C=O) groups is 1. The van der Waals surface area contributed by atoms with E-state index in [1.165, 1.54) is 4.90 Å². The van der Waals surface area contributed by atoms with Gasteiger partial charge in [-0.2, -0.15) is 5.26 Å². The largest absolute Gasteiger partial charge is 0.497 e. The van der Waals surface area contributed by atoms with Crippen LogP contribution in [0.1, 0.15) is 13.3 Å². The quantitative estimate of drug-likeness (QED) is 0.924. The Balaban J connectivity index is 2.74. The highest BCUT2D eigenvalue weighted by atomic mass is 79.9. The van der Waals surface area contributed by atoms with E-state index in [9.17, 15) is 4.79 Å². The lowest BCUT2D eigenvalue weighted by Gasteiger charge is -2.23. The van der Waals surface area contributed by atoms with E-state index in [0.29, 0.717) is 17.9 Å². The van der Waals surface area contributed by atoms with E-state index in [1.807, 2.05) is 13.0 Å². The second-order valence-corrected chi connectivity index (χ2v) is 4.95. The summed E-state index contributed by atoms with van der Waals surface area (Å²) in [7, 11) is 3.24. The number of nitrogens with zero attached hydrogens (tertiary/aromatic N) is 2. The molecule has 0 fully saturated rings. The predicted octanol–water partition coefficient (Wildman–Crippen LogP) is 3.22. The Morgan fingerprint density at radius 2 is 2.32 bits per heavy atom. The molecule has 0 saturated heterocycles. The number of hydrogen-bond acceptors (Lipinski definition) is 3. The molecule has 0 radical (unpaired) electrons. The Bertz CT molecular complexity index is 499. The molecule has 5 nitrogen and oxygen atoms in total. The maximum absolute atomic E-state index is 12.0. The minimum absolute atomic E-state index is 0.137. The third-order valence-electron chi connectivity index (χ3n) is 2.79. The van der Waals surface area contributed by atoms with E-state index in [1.54, 1.807) is 32.4 Å². The monoisotopic (exact) mass is 325 g/mol. The zero-order valence-corrected chi connectivity index (χ0v) is 12.7. The number of urea groups is 1. The summed E-state index contributed by atoms with van der Waals surface area (Å²) in [5.74, 6) is 0.705. The van der Waals surface area contributed by atoms with Crippen LogP contribution in [-0.2, 0) is 0 Å². The minimum atomic E-state index is -0.256. The molecule has 1 atom stereocenters. The summed E-state index contributed by atoms with van der Waals surface area (Å²) < 4.78 is 5.82. The number of nitrogens with one attached hydrogen (secondary N) is 1. The van der Waals surface area contributed by atoms with Gasteiger partial charge in [-0.05, 0) is 41.1 Å². The van der Waals surface area contributed by atoms with Crippen molar-refractivity contribution in [2.75, 3.05) is 19.5 Å². The van der Waals surface area contributed by atoms with Gasteiger partial charge in [0.1, 0.15) is 5.75 Å². The number of carbonyl (C=O) groups excluding carboxylic acids is 1. The first-order valence-corrected chi connectivity index (χ1v) is 6.53. The number of amides is 2.